The second-order valence-electron chi connectivity index (χ2n) is 8.43. The van der Waals surface area contributed by atoms with Gasteiger partial charge in [0, 0.05) is 6.61 Å². The van der Waals surface area contributed by atoms with E-state index >= 15 is 0 Å². The molecule has 0 aromatic heterocycles. The Hall–Kier alpha value is -1.88. The second kappa shape index (κ2) is 16.9. The summed E-state index contributed by atoms with van der Waals surface area (Å²) in [5.74, 6) is 10.6. The van der Waals surface area contributed by atoms with Crippen LogP contribution in [0.4, 0.5) is 0 Å². The van der Waals surface area contributed by atoms with Gasteiger partial charge in [-0.1, -0.05) is 24.0 Å². The van der Waals surface area contributed by atoms with Gasteiger partial charge < -0.3 is 59.8 Å². The van der Waals surface area contributed by atoms with Crippen LogP contribution in [0.25, 0.3) is 0 Å². The van der Waals surface area contributed by atoms with E-state index in [1.807, 2.05) is 0 Å². The molecule has 2 saturated heterocycles. The molecule has 12 heteroatoms. The molecular weight excluding hydrogens is 492 g/mol. The van der Waals surface area contributed by atoms with Crippen molar-refractivity contribution in [1.29, 1.82) is 0 Å². The van der Waals surface area contributed by atoms with Crippen LogP contribution in [0.2, 0.25) is 0 Å². The molecule has 0 radical (unpaired) electrons. The van der Waals surface area contributed by atoms with Gasteiger partial charge in [-0.2, -0.15) is 0 Å². The van der Waals surface area contributed by atoms with E-state index in [0.717, 1.165) is 0 Å². The molecule has 208 valence electrons. The molecule has 2 rings (SSSR count). The predicted octanol–water partition coefficient (Wildman–Crippen LogP) is -3.09. The molecule has 0 aliphatic carbocycles. The number of ether oxygens (including phenoxy) is 4. The molecule has 0 amide bonds. The molecule has 12 nitrogen and oxygen atoms in total. The lowest BCUT2D eigenvalue weighted by Gasteiger charge is -2.45. The Bertz CT molecular complexity index is 840. The van der Waals surface area contributed by atoms with Gasteiger partial charge in [-0.05, 0) is 43.3 Å². The molecule has 8 N–H and O–H groups in total. The quantitative estimate of drug-likeness (QED) is 0.126. The van der Waals surface area contributed by atoms with E-state index in [-0.39, 0.29) is 26.2 Å². The minimum Gasteiger partial charge on any atom is -0.396 e. The molecule has 10 atom stereocenters. The summed E-state index contributed by atoms with van der Waals surface area (Å²) in [4.78, 5) is 0. The molecule has 2 aliphatic heterocycles. The van der Waals surface area contributed by atoms with Crippen LogP contribution < -0.4 is 0 Å². The first-order valence-electron chi connectivity index (χ1n) is 12.0. The second-order valence-corrected chi connectivity index (χ2v) is 8.43. The predicted molar refractivity (Wildman–Crippen MR) is 127 cm³/mol. The SMILES string of the molecule is OCC=CC#CC#CC=CCCC(CCO)O[C@@H]1O[C@H](CO)[C@@H](O)[C@H](O)[C@H]1O[C@@H]1OC[C@H](O)[C@H](O)[C@H]1O. The maximum absolute atomic E-state index is 10.7. The first-order chi connectivity index (χ1) is 17.8. The minimum atomic E-state index is -1.65. The zero-order valence-corrected chi connectivity index (χ0v) is 20.2. The number of aliphatic hydroxyl groups is 8. The number of hydrogen-bond donors (Lipinski definition) is 8. The van der Waals surface area contributed by atoms with Gasteiger partial charge in [0.15, 0.2) is 12.6 Å². The van der Waals surface area contributed by atoms with Crippen molar-refractivity contribution < 1.29 is 59.8 Å². The van der Waals surface area contributed by atoms with Crippen LogP contribution in [0, 0.1) is 23.7 Å². The largest absolute Gasteiger partial charge is 0.396 e. The summed E-state index contributed by atoms with van der Waals surface area (Å²) < 4.78 is 22.4. The van der Waals surface area contributed by atoms with Gasteiger partial charge in [-0.25, -0.2) is 0 Å². The average Bonchev–Trinajstić information content (AvgIpc) is 2.89. The van der Waals surface area contributed by atoms with Crippen molar-refractivity contribution in [2.45, 2.75) is 80.7 Å². The molecule has 0 aromatic rings. The lowest BCUT2D eigenvalue weighted by atomic mass is 9.98. The highest BCUT2D eigenvalue weighted by Gasteiger charge is 2.49. The highest BCUT2D eigenvalue weighted by Crippen LogP contribution is 2.29. The van der Waals surface area contributed by atoms with Gasteiger partial charge in [0.25, 0.3) is 0 Å². The molecule has 2 fully saturated rings. The van der Waals surface area contributed by atoms with Gasteiger partial charge >= 0.3 is 0 Å². The molecule has 2 aliphatic rings. The van der Waals surface area contributed by atoms with E-state index in [4.69, 9.17) is 24.1 Å². The van der Waals surface area contributed by atoms with Crippen molar-refractivity contribution in [2.75, 3.05) is 26.4 Å². The lowest BCUT2D eigenvalue weighted by Crippen LogP contribution is -2.63. The van der Waals surface area contributed by atoms with Crippen molar-refractivity contribution in [2.24, 2.45) is 0 Å². The van der Waals surface area contributed by atoms with Gasteiger partial charge in [-0.15, -0.1) is 0 Å². The maximum atomic E-state index is 10.7. The van der Waals surface area contributed by atoms with E-state index in [9.17, 15) is 35.7 Å². The summed E-state index contributed by atoms with van der Waals surface area (Å²) in [6, 6.07) is 0. The summed E-state index contributed by atoms with van der Waals surface area (Å²) in [6.45, 7) is -1.27. The fourth-order valence-electron chi connectivity index (χ4n) is 3.67. The third-order valence-electron chi connectivity index (χ3n) is 5.72. The fourth-order valence-corrected chi connectivity index (χ4v) is 3.67. The summed E-state index contributed by atoms with van der Waals surface area (Å²) in [6.07, 6.45) is -6.24. The molecular formula is C25H36O12. The number of aliphatic hydroxyl groups excluding tert-OH is 8. The molecule has 37 heavy (non-hydrogen) atoms. The van der Waals surface area contributed by atoms with Crippen molar-refractivity contribution in [3.63, 3.8) is 0 Å². The normalized spacial score (nSPS) is 35.1. The maximum Gasteiger partial charge on any atom is 0.187 e. The average molecular weight is 529 g/mol. The summed E-state index contributed by atoms with van der Waals surface area (Å²) in [5.41, 5.74) is 0. The minimum absolute atomic E-state index is 0.0956. The van der Waals surface area contributed by atoms with E-state index in [1.54, 1.807) is 12.2 Å². The number of allylic oxidation sites excluding steroid dienone is 3. The molecule has 0 spiro atoms. The van der Waals surface area contributed by atoms with Crippen molar-refractivity contribution in [1.82, 2.24) is 0 Å². The summed E-state index contributed by atoms with van der Waals surface area (Å²) in [5, 5.41) is 78.4. The Balaban J connectivity index is 2.04. The highest BCUT2D eigenvalue weighted by molar-refractivity contribution is 5.33. The third kappa shape index (κ3) is 9.74. The Kier molecular flexibility index (Phi) is 14.3. The molecule has 1 unspecified atom stereocenters. The Morgan fingerprint density at radius 1 is 0.838 bits per heavy atom. The van der Waals surface area contributed by atoms with E-state index < -0.39 is 68.0 Å². The van der Waals surface area contributed by atoms with Crippen molar-refractivity contribution in [3.8, 4) is 23.7 Å². The zero-order valence-electron chi connectivity index (χ0n) is 20.2. The standard InChI is InChI=1S/C25H36O12/c26-12-9-7-5-3-1-2-4-6-8-10-16(11-13-27)35-25-23(21(32)20(31)18(14-28)36-25)37-24-22(33)19(30)17(29)15-34-24/h4,6-7,9,16-33H,8,10-15H2/t16?,17-,18+,19-,20+,21-,22+,23+,24-,25+/m0/s1. The number of rotatable bonds is 11. The summed E-state index contributed by atoms with van der Waals surface area (Å²) >= 11 is 0. The van der Waals surface area contributed by atoms with E-state index in [1.165, 1.54) is 12.2 Å². The Morgan fingerprint density at radius 2 is 1.54 bits per heavy atom. The first-order valence-corrected chi connectivity index (χ1v) is 12.0. The third-order valence-corrected chi connectivity index (χ3v) is 5.72. The van der Waals surface area contributed by atoms with Crippen LogP contribution in [-0.4, -0.2) is 129 Å². The number of hydrogen-bond acceptors (Lipinski definition) is 12. The van der Waals surface area contributed by atoms with Crippen LogP contribution in [-0.2, 0) is 18.9 Å². The van der Waals surface area contributed by atoms with Crippen LogP contribution in [0.3, 0.4) is 0 Å². The van der Waals surface area contributed by atoms with Crippen LogP contribution in [0.5, 0.6) is 0 Å². The fraction of sp³-hybridized carbons (Fsp3) is 0.680. The first kappa shape index (κ1) is 31.3. The van der Waals surface area contributed by atoms with Crippen molar-refractivity contribution >= 4 is 0 Å². The van der Waals surface area contributed by atoms with E-state index in [0.29, 0.717) is 12.8 Å². The topological polar surface area (TPSA) is 199 Å². The van der Waals surface area contributed by atoms with Crippen molar-refractivity contribution in [3.05, 3.63) is 24.3 Å². The van der Waals surface area contributed by atoms with Gasteiger partial charge in [0.1, 0.15) is 42.7 Å². The summed E-state index contributed by atoms with van der Waals surface area (Å²) in [7, 11) is 0. The van der Waals surface area contributed by atoms with Crippen LogP contribution >= 0.6 is 0 Å². The van der Waals surface area contributed by atoms with Gasteiger partial charge in [0.2, 0.25) is 0 Å². The Morgan fingerprint density at radius 3 is 2.19 bits per heavy atom. The molecule has 0 saturated carbocycles. The van der Waals surface area contributed by atoms with Crippen LogP contribution in [0.1, 0.15) is 19.3 Å². The molecule has 2 heterocycles. The monoisotopic (exact) mass is 528 g/mol. The van der Waals surface area contributed by atoms with Gasteiger partial charge in [-0.3, -0.25) is 0 Å². The molecule has 0 bridgehead atoms. The Labute approximate surface area is 215 Å². The highest BCUT2D eigenvalue weighted by atomic mass is 16.8. The smallest absolute Gasteiger partial charge is 0.187 e. The van der Waals surface area contributed by atoms with Gasteiger partial charge in [0.05, 0.1) is 25.9 Å². The zero-order chi connectivity index (χ0) is 27.2. The van der Waals surface area contributed by atoms with Crippen LogP contribution in [0.15, 0.2) is 24.3 Å². The molecule has 0 aromatic carbocycles. The van der Waals surface area contributed by atoms with E-state index in [2.05, 4.69) is 23.7 Å². The lowest BCUT2D eigenvalue weighted by molar-refractivity contribution is -0.362.